The summed E-state index contributed by atoms with van der Waals surface area (Å²) in [5.41, 5.74) is 0.524. The Balaban J connectivity index is 2.44. The van der Waals surface area contributed by atoms with E-state index in [1.165, 1.54) is 11.4 Å². The molecule has 1 saturated heterocycles. The number of methoxy groups -OCH3 is 1. The molecule has 1 aromatic rings. The van der Waals surface area contributed by atoms with Gasteiger partial charge in [0.25, 0.3) is 0 Å². The maximum absolute atomic E-state index is 12.7. The highest BCUT2D eigenvalue weighted by Gasteiger charge is 2.35. The zero-order chi connectivity index (χ0) is 14.9. The topological polar surface area (TPSA) is 83.9 Å². The number of β-amino-alcohol motifs (C(OH)–C–C–N with tert-alkyl or cyclic N) is 1. The Hall–Kier alpha value is -0.960. The van der Waals surface area contributed by atoms with Crippen LogP contribution in [0.2, 0.25) is 0 Å². The molecule has 1 aromatic heterocycles. The summed E-state index contributed by atoms with van der Waals surface area (Å²) >= 11 is 1.06. The van der Waals surface area contributed by atoms with Gasteiger partial charge in [-0.15, -0.1) is 11.3 Å². The van der Waals surface area contributed by atoms with Crippen molar-refractivity contribution in [2.24, 2.45) is 0 Å². The lowest BCUT2D eigenvalue weighted by atomic mass is 10.1. The van der Waals surface area contributed by atoms with Crippen molar-refractivity contribution in [1.29, 1.82) is 0 Å². The van der Waals surface area contributed by atoms with Crippen molar-refractivity contribution in [2.75, 3.05) is 20.2 Å². The Kier molecular flexibility index (Phi) is 4.48. The fourth-order valence-corrected chi connectivity index (χ4v) is 5.43. The molecule has 0 radical (unpaired) electrons. The third-order valence-corrected chi connectivity index (χ3v) is 6.51. The van der Waals surface area contributed by atoms with E-state index in [1.54, 1.807) is 12.3 Å². The molecule has 2 rings (SSSR count). The van der Waals surface area contributed by atoms with Gasteiger partial charge in [0.2, 0.25) is 10.0 Å². The Bertz CT molecular complexity index is 607. The van der Waals surface area contributed by atoms with Crippen molar-refractivity contribution < 1.29 is 23.1 Å². The van der Waals surface area contributed by atoms with Crippen LogP contribution in [0.4, 0.5) is 0 Å². The molecule has 0 spiro atoms. The van der Waals surface area contributed by atoms with E-state index in [1.807, 2.05) is 0 Å². The van der Waals surface area contributed by atoms with Gasteiger partial charge in [0, 0.05) is 13.1 Å². The van der Waals surface area contributed by atoms with Gasteiger partial charge in [-0.05, 0) is 30.7 Å². The Morgan fingerprint density at radius 2 is 2.25 bits per heavy atom. The molecule has 112 valence electrons. The standard InChI is InChI=1S/C12H17NO5S2/c1-8-7-19-10(12(15)18-2)11(8)20(16,17)13-5-3-4-9(14)6-13/h7,9,14H,3-6H2,1-2H3. The maximum Gasteiger partial charge on any atom is 0.349 e. The highest BCUT2D eigenvalue weighted by molar-refractivity contribution is 7.89. The second kappa shape index (κ2) is 5.80. The van der Waals surface area contributed by atoms with E-state index in [-0.39, 0.29) is 16.3 Å². The van der Waals surface area contributed by atoms with Gasteiger partial charge in [-0.3, -0.25) is 0 Å². The summed E-state index contributed by atoms with van der Waals surface area (Å²) < 4.78 is 31.2. The molecular formula is C12H17NO5S2. The first kappa shape index (κ1) is 15.4. The number of thiophene rings is 1. The van der Waals surface area contributed by atoms with Crippen LogP contribution < -0.4 is 0 Å². The number of aliphatic hydroxyl groups is 1. The quantitative estimate of drug-likeness (QED) is 0.840. The SMILES string of the molecule is COC(=O)c1scc(C)c1S(=O)(=O)N1CCCC(O)C1. The van der Waals surface area contributed by atoms with Gasteiger partial charge >= 0.3 is 5.97 Å². The maximum atomic E-state index is 12.7. The predicted octanol–water partition coefficient (Wildman–Crippen LogP) is 0.989. The number of carbonyl (C=O) groups excluding carboxylic acids is 1. The average Bonchev–Trinajstić information content (AvgIpc) is 2.80. The molecular weight excluding hydrogens is 302 g/mol. The lowest BCUT2D eigenvalue weighted by Crippen LogP contribution is -2.42. The Morgan fingerprint density at radius 3 is 2.85 bits per heavy atom. The number of aliphatic hydroxyl groups excluding tert-OH is 1. The minimum Gasteiger partial charge on any atom is -0.465 e. The molecule has 2 heterocycles. The van der Waals surface area contributed by atoms with E-state index >= 15 is 0 Å². The number of sulfonamides is 1. The summed E-state index contributed by atoms with van der Waals surface area (Å²) in [6.07, 6.45) is 0.550. The minimum atomic E-state index is -3.79. The number of piperidine rings is 1. The van der Waals surface area contributed by atoms with E-state index in [0.29, 0.717) is 24.9 Å². The van der Waals surface area contributed by atoms with E-state index in [9.17, 15) is 18.3 Å². The summed E-state index contributed by atoms with van der Waals surface area (Å²) in [6.45, 7) is 2.07. The first-order valence-corrected chi connectivity index (χ1v) is 8.54. The summed E-state index contributed by atoms with van der Waals surface area (Å²) in [5, 5.41) is 11.3. The molecule has 6 nitrogen and oxygen atoms in total. The summed E-state index contributed by atoms with van der Waals surface area (Å²) in [7, 11) is -2.56. The zero-order valence-electron chi connectivity index (χ0n) is 11.3. The molecule has 0 bridgehead atoms. The van der Waals surface area contributed by atoms with Gasteiger partial charge in [-0.2, -0.15) is 4.31 Å². The molecule has 8 heteroatoms. The summed E-state index contributed by atoms with van der Waals surface area (Å²) in [4.78, 5) is 11.8. The highest BCUT2D eigenvalue weighted by atomic mass is 32.2. The molecule has 0 amide bonds. The number of rotatable bonds is 3. The number of ether oxygens (including phenoxy) is 1. The third-order valence-electron chi connectivity index (χ3n) is 3.25. The van der Waals surface area contributed by atoms with Crippen LogP contribution in [0.3, 0.4) is 0 Å². The van der Waals surface area contributed by atoms with Crippen molar-refractivity contribution >= 4 is 27.3 Å². The lowest BCUT2D eigenvalue weighted by Gasteiger charge is -2.29. The van der Waals surface area contributed by atoms with Crippen molar-refractivity contribution in [3.8, 4) is 0 Å². The van der Waals surface area contributed by atoms with Crippen LogP contribution in [0.1, 0.15) is 28.1 Å². The number of hydrogen-bond acceptors (Lipinski definition) is 6. The van der Waals surface area contributed by atoms with Crippen LogP contribution in [0.15, 0.2) is 10.3 Å². The molecule has 1 unspecified atom stereocenters. The first-order chi connectivity index (χ1) is 9.37. The van der Waals surface area contributed by atoms with Gasteiger partial charge in [0.05, 0.1) is 13.2 Å². The second-order valence-corrected chi connectivity index (χ2v) is 7.48. The smallest absolute Gasteiger partial charge is 0.349 e. The largest absolute Gasteiger partial charge is 0.465 e. The second-order valence-electron chi connectivity index (χ2n) is 4.73. The lowest BCUT2D eigenvalue weighted by molar-refractivity contribution is 0.0602. The van der Waals surface area contributed by atoms with Gasteiger partial charge in [0.15, 0.2) is 0 Å². The highest BCUT2D eigenvalue weighted by Crippen LogP contribution is 2.31. The van der Waals surface area contributed by atoms with Crippen LogP contribution >= 0.6 is 11.3 Å². The Labute approximate surface area is 122 Å². The van der Waals surface area contributed by atoms with Crippen LogP contribution in [-0.4, -0.2) is 50.1 Å². The van der Waals surface area contributed by atoms with Gasteiger partial charge in [-0.25, -0.2) is 13.2 Å². The van der Waals surface area contributed by atoms with Gasteiger partial charge in [0.1, 0.15) is 9.77 Å². The number of esters is 1. The molecule has 0 saturated carbocycles. The third kappa shape index (κ3) is 2.73. The molecule has 1 fully saturated rings. The van der Waals surface area contributed by atoms with Crippen molar-refractivity contribution in [3.63, 3.8) is 0 Å². The molecule has 1 aliphatic rings. The van der Waals surface area contributed by atoms with Crippen LogP contribution in [0.25, 0.3) is 0 Å². The van der Waals surface area contributed by atoms with Gasteiger partial charge < -0.3 is 9.84 Å². The number of nitrogens with zero attached hydrogens (tertiary/aromatic N) is 1. The molecule has 1 N–H and O–H groups in total. The molecule has 0 aliphatic carbocycles. The van der Waals surface area contributed by atoms with Crippen LogP contribution in [0.5, 0.6) is 0 Å². The normalized spacial score (nSPS) is 20.9. The first-order valence-electron chi connectivity index (χ1n) is 6.22. The van der Waals surface area contributed by atoms with E-state index in [2.05, 4.69) is 4.74 Å². The van der Waals surface area contributed by atoms with E-state index in [0.717, 1.165) is 11.3 Å². The fraction of sp³-hybridized carbons (Fsp3) is 0.583. The van der Waals surface area contributed by atoms with Crippen molar-refractivity contribution in [2.45, 2.75) is 30.8 Å². The molecule has 1 atom stereocenters. The molecule has 20 heavy (non-hydrogen) atoms. The zero-order valence-corrected chi connectivity index (χ0v) is 13.0. The predicted molar refractivity (Wildman–Crippen MR) is 74.4 cm³/mol. The van der Waals surface area contributed by atoms with E-state index in [4.69, 9.17) is 0 Å². The minimum absolute atomic E-state index is 0.00319. The Morgan fingerprint density at radius 1 is 1.55 bits per heavy atom. The molecule has 0 aromatic carbocycles. The van der Waals surface area contributed by atoms with Crippen molar-refractivity contribution in [3.05, 3.63) is 15.8 Å². The number of carbonyl (C=O) groups is 1. The molecule has 1 aliphatic heterocycles. The van der Waals surface area contributed by atoms with Gasteiger partial charge in [-0.1, -0.05) is 0 Å². The van der Waals surface area contributed by atoms with Crippen molar-refractivity contribution in [1.82, 2.24) is 4.31 Å². The monoisotopic (exact) mass is 319 g/mol. The summed E-state index contributed by atoms with van der Waals surface area (Å²) in [6, 6.07) is 0. The summed E-state index contributed by atoms with van der Waals surface area (Å²) in [5.74, 6) is -0.653. The van der Waals surface area contributed by atoms with Crippen LogP contribution in [-0.2, 0) is 14.8 Å². The fourth-order valence-electron chi connectivity index (χ4n) is 2.26. The van der Waals surface area contributed by atoms with Crippen LogP contribution in [0, 0.1) is 6.92 Å². The van der Waals surface area contributed by atoms with E-state index < -0.39 is 22.1 Å². The number of hydrogen-bond donors (Lipinski definition) is 1. The average molecular weight is 319 g/mol. The number of aryl methyl sites for hydroxylation is 1.